The van der Waals surface area contributed by atoms with Crippen LogP contribution >= 0.6 is 11.3 Å². The van der Waals surface area contributed by atoms with E-state index in [1.165, 1.54) is 6.92 Å². The normalized spacial score (nSPS) is 18.0. The fraction of sp³-hybridized carbons (Fsp3) is 0.588. The number of hydrogen-bond donors (Lipinski definition) is 2. The fourth-order valence-electron chi connectivity index (χ4n) is 3.12. The number of halogens is 4. The molecule has 0 aromatic carbocycles. The van der Waals surface area contributed by atoms with Gasteiger partial charge in [0.25, 0.3) is 5.91 Å². The second-order valence-electron chi connectivity index (χ2n) is 6.68. The van der Waals surface area contributed by atoms with Crippen LogP contribution in [0.25, 0.3) is 0 Å². The van der Waals surface area contributed by atoms with Gasteiger partial charge in [-0.25, -0.2) is 9.37 Å². The minimum atomic E-state index is -4.86. The smallest absolute Gasteiger partial charge is 0.435 e. The van der Waals surface area contributed by atoms with Crippen LogP contribution in [-0.2, 0) is 20.6 Å². The third kappa shape index (κ3) is 5.52. The monoisotopic (exact) mass is 453 g/mol. The molecule has 0 radical (unpaired) electrons. The molecule has 1 aromatic rings. The average molecular weight is 453 g/mol. The molecular weight excluding hydrogens is 434 g/mol. The topological polar surface area (TPSA) is 117 Å². The zero-order valence-corrected chi connectivity index (χ0v) is 16.6. The van der Waals surface area contributed by atoms with Gasteiger partial charge in [0.2, 0.25) is 5.91 Å². The highest BCUT2D eigenvalue weighted by Crippen LogP contribution is 2.35. The van der Waals surface area contributed by atoms with Crippen LogP contribution in [0.2, 0.25) is 0 Å². The molecule has 2 heterocycles. The van der Waals surface area contributed by atoms with Gasteiger partial charge in [0, 0.05) is 6.54 Å². The van der Waals surface area contributed by atoms with Gasteiger partial charge in [-0.1, -0.05) is 0 Å². The number of Topliss-reactive ketones (excluding diaryl/α,β-unsaturated/α-hetero) is 1. The number of carbonyl (C=O) groups is 4. The second kappa shape index (κ2) is 9.49. The first-order chi connectivity index (χ1) is 14.0. The molecule has 2 amide bonds. The van der Waals surface area contributed by atoms with E-state index in [9.17, 15) is 36.7 Å². The zero-order chi connectivity index (χ0) is 22.6. The number of nitrogens with one attached hydrogen (secondary N) is 1. The van der Waals surface area contributed by atoms with Crippen molar-refractivity contribution in [2.75, 3.05) is 13.2 Å². The number of aryl methyl sites for hydroxylation is 1. The lowest BCUT2D eigenvalue weighted by atomic mass is 9.99. The van der Waals surface area contributed by atoms with Crippen LogP contribution in [0.5, 0.6) is 0 Å². The number of carboxylic acid groups (broad SMARTS) is 1. The molecule has 1 aliphatic heterocycles. The van der Waals surface area contributed by atoms with E-state index in [1.54, 1.807) is 0 Å². The Kier molecular flexibility index (Phi) is 7.50. The maximum atomic E-state index is 13.2. The van der Waals surface area contributed by atoms with Crippen molar-refractivity contribution in [1.29, 1.82) is 0 Å². The summed E-state index contributed by atoms with van der Waals surface area (Å²) >= 11 is 0.552. The first-order valence-corrected chi connectivity index (χ1v) is 9.73. The molecule has 0 saturated carbocycles. The molecule has 2 rings (SSSR count). The van der Waals surface area contributed by atoms with E-state index in [4.69, 9.17) is 5.11 Å². The highest BCUT2D eigenvalue weighted by atomic mass is 32.1. The van der Waals surface area contributed by atoms with Gasteiger partial charge in [0.1, 0.15) is 23.6 Å². The summed E-state index contributed by atoms with van der Waals surface area (Å²) in [6, 6.07) is -2.87. The number of aliphatic carboxylic acids is 1. The molecule has 30 heavy (non-hydrogen) atoms. The highest BCUT2D eigenvalue weighted by Gasteiger charge is 2.42. The van der Waals surface area contributed by atoms with Crippen LogP contribution in [0.3, 0.4) is 0 Å². The zero-order valence-electron chi connectivity index (χ0n) is 15.8. The van der Waals surface area contributed by atoms with Crippen molar-refractivity contribution < 1.29 is 41.8 Å². The number of carbonyl (C=O) groups excluding carboxylic acids is 3. The highest BCUT2D eigenvalue weighted by molar-refractivity contribution is 7.13. The van der Waals surface area contributed by atoms with Crippen LogP contribution in [0.1, 0.15) is 46.1 Å². The maximum Gasteiger partial charge on any atom is 0.435 e. The summed E-state index contributed by atoms with van der Waals surface area (Å²) in [5, 5.41) is 11.0. The SMILES string of the molecule is Cc1nc(C(F)(F)F)c(C(=O)N2CCCCC2C(=O)NC(CC(=O)O)C(=O)CF)s1. The summed E-state index contributed by atoms with van der Waals surface area (Å²) < 4.78 is 52.4. The Labute approximate surface area is 172 Å². The van der Waals surface area contributed by atoms with E-state index in [0.717, 1.165) is 4.90 Å². The number of hydrogen-bond acceptors (Lipinski definition) is 6. The molecule has 2 atom stereocenters. The predicted molar refractivity (Wildman–Crippen MR) is 95.7 cm³/mol. The standard InChI is InChI=1S/C17H19F4N3O5S/c1-8-22-14(17(19,20)21)13(30-8)16(29)24-5-3-2-4-10(24)15(28)23-9(6-12(26)27)11(25)7-18/h9-10H,2-7H2,1H3,(H,23,28)(H,26,27). The number of piperidine rings is 1. The lowest BCUT2D eigenvalue weighted by Crippen LogP contribution is -2.55. The van der Waals surface area contributed by atoms with E-state index < -0.39 is 65.5 Å². The van der Waals surface area contributed by atoms with Crippen LogP contribution < -0.4 is 5.32 Å². The van der Waals surface area contributed by atoms with E-state index in [-0.39, 0.29) is 18.0 Å². The van der Waals surface area contributed by atoms with Crippen molar-refractivity contribution in [2.24, 2.45) is 0 Å². The third-order valence-electron chi connectivity index (χ3n) is 4.48. The van der Waals surface area contributed by atoms with Gasteiger partial charge >= 0.3 is 12.1 Å². The molecular formula is C17H19F4N3O5S. The van der Waals surface area contributed by atoms with Gasteiger partial charge in [0.05, 0.1) is 11.4 Å². The van der Waals surface area contributed by atoms with Gasteiger partial charge in [-0.15, -0.1) is 11.3 Å². The van der Waals surface area contributed by atoms with Crippen molar-refractivity contribution in [3.05, 3.63) is 15.6 Å². The Morgan fingerprint density at radius 1 is 1.30 bits per heavy atom. The fourth-order valence-corrected chi connectivity index (χ4v) is 4.02. The van der Waals surface area contributed by atoms with Crippen molar-refractivity contribution in [2.45, 2.75) is 50.9 Å². The molecule has 0 spiro atoms. The molecule has 1 aromatic heterocycles. The minimum absolute atomic E-state index is 0.00812. The number of aromatic nitrogens is 1. The summed E-state index contributed by atoms with van der Waals surface area (Å²) in [6.07, 6.45) is -4.70. The second-order valence-corrected chi connectivity index (χ2v) is 7.88. The Morgan fingerprint density at radius 2 is 1.97 bits per heavy atom. The van der Waals surface area contributed by atoms with E-state index >= 15 is 0 Å². The third-order valence-corrected chi connectivity index (χ3v) is 5.44. The number of alkyl halides is 4. The number of rotatable bonds is 7. The molecule has 2 unspecified atom stereocenters. The summed E-state index contributed by atoms with van der Waals surface area (Å²) in [5.41, 5.74) is -1.34. The minimum Gasteiger partial charge on any atom is -0.481 e. The molecule has 166 valence electrons. The van der Waals surface area contributed by atoms with Crippen LogP contribution in [0, 0.1) is 6.92 Å². The molecule has 2 N–H and O–H groups in total. The van der Waals surface area contributed by atoms with Gasteiger partial charge in [-0.2, -0.15) is 13.2 Å². The van der Waals surface area contributed by atoms with Gasteiger partial charge in [0.15, 0.2) is 11.5 Å². The first kappa shape index (κ1) is 23.7. The van der Waals surface area contributed by atoms with Gasteiger partial charge in [-0.05, 0) is 26.2 Å². The Balaban J connectivity index is 2.28. The molecule has 13 heteroatoms. The van der Waals surface area contributed by atoms with Crippen molar-refractivity contribution >= 4 is 34.9 Å². The number of amides is 2. The summed E-state index contributed by atoms with van der Waals surface area (Å²) in [6.45, 7) is -0.192. The quantitative estimate of drug-likeness (QED) is 0.610. The van der Waals surface area contributed by atoms with Gasteiger partial charge in [-0.3, -0.25) is 19.2 Å². The predicted octanol–water partition coefficient (Wildman–Crippen LogP) is 1.96. The molecule has 1 aliphatic rings. The first-order valence-electron chi connectivity index (χ1n) is 8.92. The molecule has 1 fully saturated rings. The van der Waals surface area contributed by atoms with E-state index in [2.05, 4.69) is 10.3 Å². The number of ketones is 1. The van der Waals surface area contributed by atoms with E-state index in [0.29, 0.717) is 24.2 Å². The summed E-state index contributed by atoms with van der Waals surface area (Å²) in [4.78, 5) is 51.6. The number of thiazole rings is 1. The van der Waals surface area contributed by atoms with Crippen molar-refractivity contribution in [1.82, 2.24) is 15.2 Å². The molecule has 0 aliphatic carbocycles. The molecule has 8 nitrogen and oxygen atoms in total. The Bertz CT molecular complexity index is 842. The van der Waals surface area contributed by atoms with Crippen molar-refractivity contribution in [3.63, 3.8) is 0 Å². The largest absolute Gasteiger partial charge is 0.481 e. The van der Waals surface area contributed by atoms with Crippen molar-refractivity contribution in [3.8, 4) is 0 Å². The Morgan fingerprint density at radius 3 is 2.53 bits per heavy atom. The number of likely N-dealkylation sites (tertiary alicyclic amines) is 1. The molecule has 0 bridgehead atoms. The summed E-state index contributed by atoms with van der Waals surface area (Å²) in [7, 11) is 0. The summed E-state index contributed by atoms with van der Waals surface area (Å²) in [5.74, 6) is -4.56. The molecule has 1 saturated heterocycles. The van der Waals surface area contributed by atoms with E-state index in [1.807, 2.05) is 0 Å². The van der Waals surface area contributed by atoms with Crippen LogP contribution in [0.4, 0.5) is 17.6 Å². The lowest BCUT2D eigenvalue weighted by molar-refractivity contribution is -0.141. The Hall–Kier alpha value is -2.57. The van der Waals surface area contributed by atoms with Gasteiger partial charge < -0.3 is 15.3 Å². The van der Waals surface area contributed by atoms with Crippen LogP contribution in [0.15, 0.2) is 0 Å². The number of nitrogens with zero attached hydrogens (tertiary/aromatic N) is 2. The average Bonchev–Trinajstić information content (AvgIpc) is 3.08. The maximum absolute atomic E-state index is 13.2. The number of carboxylic acids is 1. The van der Waals surface area contributed by atoms with Crippen LogP contribution in [-0.4, -0.2) is 63.9 Å². The lowest BCUT2D eigenvalue weighted by Gasteiger charge is -2.35.